The van der Waals surface area contributed by atoms with Gasteiger partial charge in [0.15, 0.2) is 0 Å². The van der Waals surface area contributed by atoms with Crippen molar-refractivity contribution in [3.8, 4) is 5.75 Å². The van der Waals surface area contributed by atoms with Gasteiger partial charge in [-0.25, -0.2) is 18.4 Å². The molecule has 0 unspecified atom stereocenters. The van der Waals surface area contributed by atoms with Crippen molar-refractivity contribution in [1.29, 1.82) is 0 Å². The second kappa shape index (κ2) is 7.82. The van der Waals surface area contributed by atoms with Gasteiger partial charge in [0.1, 0.15) is 5.75 Å². The number of anilines is 1. The molecule has 1 aliphatic heterocycles. The highest BCUT2D eigenvalue weighted by Gasteiger charge is 2.29. The Labute approximate surface area is 160 Å². The number of benzene rings is 1. The molecule has 1 aromatic heterocycles. The first kappa shape index (κ1) is 18.2. The van der Waals surface area contributed by atoms with E-state index in [1.165, 1.54) is 17.1 Å². The number of piperazine rings is 1. The van der Waals surface area contributed by atoms with Gasteiger partial charge in [-0.15, -0.1) is 0 Å². The third kappa shape index (κ3) is 4.06. The Morgan fingerprint density at radius 2 is 1.56 bits per heavy atom. The van der Waals surface area contributed by atoms with Crippen LogP contribution >= 0.6 is 0 Å². The summed E-state index contributed by atoms with van der Waals surface area (Å²) < 4.78 is 33.3. The van der Waals surface area contributed by atoms with Crippen molar-refractivity contribution in [2.75, 3.05) is 31.1 Å². The van der Waals surface area contributed by atoms with Crippen LogP contribution in [0.15, 0.2) is 47.6 Å². The van der Waals surface area contributed by atoms with Crippen molar-refractivity contribution < 1.29 is 13.2 Å². The predicted octanol–water partition coefficient (Wildman–Crippen LogP) is 2.31. The van der Waals surface area contributed by atoms with Crippen LogP contribution in [0.3, 0.4) is 0 Å². The third-order valence-corrected chi connectivity index (χ3v) is 7.05. The smallest absolute Gasteiger partial charge is 0.243 e. The maximum atomic E-state index is 12.9. The molecule has 144 valence electrons. The molecule has 8 heteroatoms. The molecule has 0 spiro atoms. The van der Waals surface area contributed by atoms with Crippen molar-refractivity contribution in [2.24, 2.45) is 0 Å². The second-order valence-electron chi connectivity index (χ2n) is 6.94. The molecule has 1 saturated heterocycles. The van der Waals surface area contributed by atoms with Crippen LogP contribution in [0, 0.1) is 0 Å². The number of ether oxygens (including phenoxy) is 1. The van der Waals surface area contributed by atoms with Gasteiger partial charge in [-0.3, -0.25) is 0 Å². The summed E-state index contributed by atoms with van der Waals surface area (Å²) in [4.78, 5) is 10.8. The standard InChI is InChI=1S/C19H24N4O3S/c24-27(25,18-8-6-17(7-9-18)26-16-4-1-2-5-16)23-14-12-22(13-15-23)19-20-10-3-11-21-19/h3,6-11,16H,1-2,4-5,12-15H2. The Balaban J connectivity index is 1.39. The van der Waals surface area contributed by atoms with Crippen LogP contribution in [0.4, 0.5) is 5.95 Å². The molecule has 0 radical (unpaired) electrons. The van der Waals surface area contributed by atoms with Gasteiger partial charge in [0.05, 0.1) is 11.0 Å². The van der Waals surface area contributed by atoms with Crippen LogP contribution in [-0.2, 0) is 10.0 Å². The Morgan fingerprint density at radius 3 is 2.19 bits per heavy atom. The summed E-state index contributed by atoms with van der Waals surface area (Å²) in [5.41, 5.74) is 0. The topological polar surface area (TPSA) is 75.6 Å². The van der Waals surface area contributed by atoms with E-state index in [-0.39, 0.29) is 6.10 Å². The zero-order chi connectivity index (χ0) is 18.7. The quantitative estimate of drug-likeness (QED) is 0.782. The van der Waals surface area contributed by atoms with Gasteiger partial charge in [-0.05, 0) is 56.0 Å². The molecule has 7 nitrogen and oxygen atoms in total. The van der Waals surface area contributed by atoms with Gasteiger partial charge >= 0.3 is 0 Å². The molecule has 0 amide bonds. The fourth-order valence-corrected chi connectivity index (χ4v) is 5.04. The number of aromatic nitrogens is 2. The van der Waals surface area contributed by atoms with Gasteiger partial charge in [0, 0.05) is 38.6 Å². The normalized spacial score (nSPS) is 19.3. The third-order valence-electron chi connectivity index (χ3n) is 5.14. The molecular formula is C19H24N4O3S. The highest BCUT2D eigenvalue weighted by molar-refractivity contribution is 7.89. The minimum absolute atomic E-state index is 0.265. The molecule has 2 aliphatic rings. The minimum Gasteiger partial charge on any atom is -0.490 e. The van der Waals surface area contributed by atoms with Gasteiger partial charge in [-0.1, -0.05) is 0 Å². The summed E-state index contributed by atoms with van der Waals surface area (Å²) >= 11 is 0. The molecule has 27 heavy (non-hydrogen) atoms. The molecule has 0 N–H and O–H groups in total. The number of rotatable bonds is 5. The molecule has 0 bridgehead atoms. The van der Waals surface area contributed by atoms with Gasteiger partial charge in [0.25, 0.3) is 0 Å². The van der Waals surface area contributed by atoms with E-state index in [9.17, 15) is 8.42 Å². The maximum absolute atomic E-state index is 12.9. The Bertz CT molecular complexity index is 844. The van der Waals surface area contributed by atoms with E-state index in [4.69, 9.17) is 4.74 Å². The van der Waals surface area contributed by atoms with Gasteiger partial charge in [0.2, 0.25) is 16.0 Å². The fourth-order valence-electron chi connectivity index (χ4n) is 3.62. The summed E-state index contributed by atoms with van der Waals surface area (Å²) in [5, 5.41) is 0. The molecule has 1 saturated carbocycles. The SMILES string of the molecule is O=S(=O)(c1ccc(OC2CCCC2)cc1)N1CCN(c2ncccn2)CC1. The lowest BCUT2D eigenvalue weighted by atomic mass is 10.3. The van der Waals surface area contributed by atoms with E-state index in [0.29, 0.717) is 37.0 Å². The lowest BCUT2D eigenvalue weighted by Gasteiger charge is -2.33. The second-order valence-corrected chi connectivity index (χ2v) is 8.87. The molecule has 4 rings (SSSR count). The highest BCUT2D eigenvalue weighted by atomic mass is 32.2. The van der Waals surface area contributed by atoms with E-state index >= 15 is 0 Å². The summed E-state index contributed by atoms with van der Waals surface area (Å²) in [7, 11) is -3.50. The zero-order valence-electron chi connectivity index (χ0n) is 15.2. The van der Waals surface area contributed by atoms with Gasteiger partial charge < -0.3 is 9.64 Å². The van der Waals surface area contributed by atoms with E-state index in [1.807, 2.05) is 4.90 Å². The molecule has 2 heterocycles. The lowest BCUT2D eigenvalue weighted by molar-refractivity contribution is 0.210. The number of sulfonamides is 1. The van der Waals surface area contributed by atoms with Crippen LogP contribution in [0.1, 0.15) is 25.7 Å². The van der Waals surface area contributed by atoms with E-state index in [1.54, 1.807) is 42.7 Å². The molecule has 2 aromatic rings. The Kier molecular flexibility index (Phi) is 5.27. The van der Waals surface area contributed by atoms with E-state index in [2.05, 4.69) is 9.97 Å². The average molecular weight is 388 g/mol. The first-order valence-electron chi connectivity index (χ1n) is 9.42. The predicted molar refractivity (Wildman–Crippen MR) is 102 cm³/mol. The average Bonchev–Trinajstić information content (AvgIpc) is 3.22. The Hall–Kier alpha value is -2.19. The molecule has 1 aliphatic carbocycles. The van der Waals surface area contributed by atoms with Crippen LogP contribution in [0.5, 0.6) is 5.75 Å². The van der Waals surface area contributed by atoms with Crippen LogP contribution in [-0.4, -0.2) is 55.0 Å². The summed E-state index contributed by atoms with van der Waals surface area (Å²) in [6.07, 6.45) is 8.22. The van der Waals surface area contributed by atoms with E-state index < -0.39 is 10.0 Å². The summed E-state index contributed by atoms with van der Waals surface area (Å²) in [6, 6.07) is 8.58. The van der Waals surface area contributed by atoms with Gasteiger partial charge in [-0.2, -0.15) is 4.31 Å². The molecule has 2 fully saturated rings. The highest BCUT2D eigenvalue weighted by Crippen LogP contribution is 2.26. The summed E-state index contributed by atoms with van der Waals surface area (Å²) in [6.45, 7) is 1.99. The number of nitrogens with zero attached hydrogens (tertiary/aromatic N) is 4. The monoisotopic (exact) mass is 388 g/mol. The van der Waals surface area contributed by atoms with Crippen molar-refractivity contribution in [2.45, 2.75) is 36.7 Å². The van der Waals surface area contributed by atoms with E-state index in [0.717, 1.165) is 18.6 Å². The van der Waals surface area contributed by atoms with Crippen molar-refractivity contribution >= 4 is 16.0 Å². The first-order chi connectivity index (χ1) is 13.1. The molecule has 0 atom stereocenters. The summed E-state index contributed by atoms with van der Waals surface area (Å²) in [5.74, 6) is 1.38. The lowest BCUT2D eigenvalue weighted by Crippen LogP contribution is -2.49. The number of hydrogen-bond acceptors (Lipinski definition) is 6. The fraction of sp³-hybridized carbons (Fsp3) is 0.474. The van der Waals surface area contributed by atoms with Crippen molar-refractivity contribution in [1.82, 2.24) is 14.3 Å². The molecule has 1 aromatic carbocycles. The zero-order valence-corrected chi connectivity index (χ0v) is 16.0. The minimum atomic E-state index is -3.50. The Morgan fingerprint density at radius 1 is 0.926 bits per heavy atom. The van der Waals surface area contributed by atoms with Crippen LogP contribution in [0.25, 0.3) is 0 Å². The first-order valence-corrected chi connectivity index (χ1v) is 10.9. The largest absolute Gasteiger partial charge is 0.490 e. The van der Waals surface area contributed by atoms with Crippen molar-refractivity contribution in [3.63, 3.8) is 0 Å². The van der Waals surface area contributed by atoms with Crippen LogP contribution < -0.4 is 9.64 Å². The number of hydrogen-bond donors (Lipinski definition) is 0. The van der Waals surface area contributed by atoms with Crippen molar-refractivity contribution in [3.05, 3.63) is 42.7 Å². The van der Waals surface area contributed by atoms with Crippen LogP contribution in [0.2, 0.25) is 0 Å². The molecular weight excluding hydrogens is 364 g/mol. The maximum Gasteiger partial charge on any atom is 0.243 e.